The van der Waals surface area contributed by atoms with E-state index in [0.717, 1.165) is 45.1 Å². The van der Waals surface area contributed by atoms with Gasteiger partial charge in [0.1, 0.15) is 11.6 Å². The summed E-state index contributed by atoms with van der Waals surface area (Å²) in [5.41, 5.74) is 2.74. The summed E-state index contributed by atoms with van der Waals surface area (Å²) in [6.45, 7) is 6.18. The van der Waals surface area contributed by atoms with Crippen LogP contribution in [0, 0.1) is 0 Å². The first-order chi connectivity index (χ1) is 12.2. The van der Waals surface area contributed by atoms with Crippen LogP contribution in [0.15, 0.2) is 24.3 Å². The van der Waals surface area contributed by atoms with Crippen molar-refractivity contribution in [2.45, 2.75) is 38.4 Å². The topological polar surface area (TPSA) is 49.2 Å². The van der Waals surface area contributed by atoms with E-state index in [4.69, 9.17) is 0 Å². The van der Waals surface area contributed by atoms with E-state index in [9.17, 15) is 0 Å². The summed E-state index contributed by atoms with van der Waals surface area (Å²) in [4.78, 5) is 4.78. The van der Waals surface area contributed by atoms with E-state index in [-0.39, 0.29) is 12.4 Å². The molecule has 1 fully saturated rings. The van der Waals surface area contributed by atoms with Gasteiger partial charge in [-0.2, -0.15) is 0 Å². The van der Waals surface area contributed by atoms with Crippen LogP contribution in [0.2, 0.25) is 0 Å². The summed E-state index contributed by atoms with van der Waals surface area (Å²) in [5.74, 6) is 2.87. The van der Waals surface area contributed by atoms with Crippen LogP contribution in [0.3, 0.4) is 0 Å². The van der Waals surface area contributed by atoms with Gasteiger partial charge in [-0.1, -0.05) is 18.2 Å². The Balaban J connectivity index is 0.00000196. The number of piperidine rings is 1. The number of benzene rings is 1. The predicted molar refractivity (Wildman–Crippen MR) is 107 cm³/mol. The number of hydrogen-bond donors (Lipinski definition) is 1. The molecule has 2 aliphatic heterocycles. The number of halogens is 1. The minimum Gasteiger partial charge on any atom is -0.377 e. The summed E-state index contributed by atoms with van der Waals surface area (Å²) in [5, 5.41) is 12.3. The summed E-state index contributed by atoms with van der Waals surface area (Å²) >= 11 is 0. The molecule has 0 saturated carbocycles. The summed E-state index contributed by atoms with van der Waals surface area (Å²) in [6.07, 6.45) is 2.35. The molecule has 2 aromatic rings. The largest absolute Gasteiger partial charge is 0.377 e. The third kappa shape index (κ3) is 3.87. The van der Waals surface area contributed by atoms with Crippen molar-refractivity contribution in [2.75, 3.05) is 38.6 Å². The molecule has 3 heterocycles. The maximum Gasteiger partial charge on any atom is 0.147 e. The molecule has 0 atom stereocenters. The van der Waals surface area contributed by atoms with E-state index < -0.39 is 0 Å². The first-order valence-corrected chi connectivity index (χ1v) is 9.32. The highest BCUT2D eigenvalue weighted by molar-refractivity contribution is 5.85. The van der Waals surface area contributed by atoms with Gasteiger partial charge in [0.05, 0.1) is 6.54 Å². The average Bonchev–Trinajstić information content (AvgIpc) is 3.07. The maximum absolute atomic E-state index is 4.52. The first kappa shape index (κ1) is 19.1. The zero-order valence-electron chi connectivity index (χ0n) is 15.7. The van der Waals surface area contributed by atoms with Crippen LogP contribution >= 0.6 is 12.4 Å². The van der Waals surface area contributed by atoms with Gasteiger partial charge in [0.2, 0.25) is 0 Å². The van der Waals surface area contributed by atoms with Gasteiger partial charge in [-0.25, -0.2) is 0 Å². The molecule has 0 amide bonds. The molecule has 1 N–H and O–H groups in total. The fraction of sp³-hybridized carbons (Fsp3) is 0.579. The molecular weight excluding hydrogens is 348 g/mol. The quantitative estimate of drug-likeness (QED) is 0.886. The van der Waals surface area contributed by atoms with E-state index in [1.807, 2.05) is 0 Å². The number of nitrogens with zero attached hydrogens (tertiary/aromatic N) is 5. The lowest BCUT2D eigenvalue weighted by Gasteiger charge is -2.33. The minimum absolute atomic E-state index is 0. The van der Waals surface area contributed by atoms with E-state index >= 15 is 0 Å². The molecule has 6 nitrogen and oxygen atoms in total. The van der Waals surface area contributed by atoms with E-state index in [0.29, 0.717) is 5.92 Å². The summed E-state index contributed by atoms with van der Waals surface area (Å²) in [7, 11) is 4.24. The van der Waals surface area contributed by atoms with Gasteiger partial charge in [-0.05, 0) is 37.6 Å². The van der Waals surface area contributed by atoms with Crippen molar-refractivity contribution in [3.8, 4) is 0 Å². The lowest BCUT2D eigenvalue weighted by Crippen LogP contribution is -2.35. The molecule has 1 aromatic carbocycles. The van der Waals surface area contributed by atoms with Crippen molar-refractivity contribution >= 4 is 18.1 Å². The molecule has 0 bridgehead atoms. The van der Waals surface area contributed by atoms with Crippen molar-refractivity contribution in [3.63, 3.8) is 0 Å². The lowest BCUT2D eigenvalue weighted by atomic mass is 9.95. The highest BCUT2D eigenvalue weighted by Crippen LogP contribution is 2.29. The predicted octanol–water partition coefficient (Wildman–Crippen LogP) is 2.25. The second-order valence-electron chi connectivity index (χ2n) is 7.38. The van der Waals surface area contributed by atoms with Gasteiger partial charge in [0, 0.05) is 45.3 Å². The van der Waals surface area contributed by atoms with Crippen molar-refractivity contribution in [3.05, 3.63) is 41.5 Å². The Bertz CT molecular complexity index is 721. The molecule has 1 aromatic heterocycles. The lowest BCUT2D eigenvalue weighted by molar-refractivity contribution is 0.199. The van der Waals surface area contributed by atoms with Gasteiger partial charge in [0.15, 0.2) is 0 Å². The summed E-state index contributed by atoms with van der Waals surface area (Å²) in [6, 6.07) is 8.72. The van der Waals surface area contributed by atoms with Gasteiger partial charge in [-0.3, -0.25) is 4.90 Å². The second kappa shape index (κ2) is 8.37. The number of fused-ring (bicyclic) bond motifs is 1. The maximum atomic E-state index is 4.52. The monoisotopic (exact) mass is 376 g/mol. The molecule has 0 unspecified atom stereocenters. The smallest absolute Gasteiger partial charge is 0.147 e. The van der Waals surface area contributed by atoms with Crippen molar-refractivity contribution in [1.29, 1.82) is 0 Å². The standard InChI is InChI=1S/C19H28N6.ClH/c1-23(2)17-6-4-3-5-16(17)14-24-10-7-15(8-11-24)19-22-21-18-13-20-9-12-25(18)19;/h3-6,15,20H,7-14H2,1-2H3;1H. The number of likely N-dealkylation sites (tertiary alicyclic amines) is 1. The first-order valence-electron chi connectivity index (χ1n) is 9.32. The number of hydrogen-bond acceptors (Lipinski definition) is 5. The fourth-order valence-electron chi connectivity index (χ4n) is 4.09. The Hall–Kier alpha value is -1.63. The molecule has 1 saturated heterocycles. The Kier molecular flexibility index (Phi) is 6.16. The molecule has 0 spiro atoms. The molecule has 142 valence electrons. The van der Waals surface area contributed by atoms with Crippen LogP contribution in [0.4, 0.5) is 5.69 Å². The molecule has 0 radical (unpaired) electrons. The number of anilines is 1. The van der Waals surface area contributed by atoms with E-state index in [2.05, 4.69) is 68.2 Å². The highest BCUT2D eigenvalue weighted by Gasteiger charge is 2.27. The van der Waals surface area contributed by atoms with Gasteiger partial charge < -0.3 is 14.8 Å². The van der Waals surface area contributed by atoms with Crippen LogP contribution in [0.25, 0.3) is 0 Å². The number of aromatic nitrogens is 3. The molecule has 0 aliphatic carbocycles. The molecule has 4 rings (SSSR count). The zero-order chi connectivity index (χ0) is 17.2. The zero-order valence-corrected chi connectivity index (χ0v) is 16.5. The van der Waals surface area contributed by atoms with Gasteiger partial charge in [-0.15, -0.1) is 22.6 Å². The van der Waals surface area contributed by atoms with E-state index in [1.54, 1.807) is 0 Å². The van der Waals surface area contributed by atoms with Crippen LogP contribution in [0.5, 0.6) is 0 Å². The molecule has 7 heteroatoms. The number of nitrogens with one attached hydrogen (secondary N) is 1. The van der Waals surface area contributed by atoms with Crippen LogP contribution in [-0.2, 0) is 19.6 Å². The highest BCUT2D eigenvalue weighted by atomic mass is 35.5. The number of para-hydroxylation sites is 1. The number of rotatable bonds is 4. The third-order valence-corrected chi connectivity index (χ3v) is 5.47. The van der Waals surface area contributed by atoms with Crippen LogP contribution in [0.1, 0.15) is 36.0 Å². The molecule has 26 heavy (non-hydrogen) atoms. The Labute approximate surface area is 162 Å². The van der Waals surface area contributed by atoms with Gasteiger partial charge >= 0.3 is 0 Å². The Morgan fingerprint density at radius 2 is 1.88 bits per heavy atom. The van der Waals surface area contributed by atoms with Crippen LogP contribution in [-0.4, -0.2) is 53.4 Å². The average molecular weight is 377 g/mol. The Morgan fingerprint density at radius 3 is 2.65 bits per heavy atom. The van der Waals surface area contributed by atoms with E-state index in [1.165, 1.54) is 29.9 Å². The van der Waals surface area contributed by atoms with Crippen molar-refractivity contribution < 1.29 is 0 Å². The molecular formula is C19H29ClN6. The Morgan fingerprint density at radius 1 is 1.12 bits per heavy atom. The second-order valence-corrected chi connectivity index (χ2v) is 7.38. The molecule has 2 aliphatic rings. The fourth-order valence-corrected chi connectivity index (χ4v) is 4.09. The van der Waals surface area contributed by atoms with Gasteiger partial charge in [0.25, 0.3) is 0 Å². The minimum atomic E-state index is 0. The van der Waals surface area contributed by atoms with Crippen LogP contribution < -0.4 is 10.2 Å². The normalized spacial score (nSPS) is 18.2. The van der Waals surface area contributed by atoms with Crippen molar-refractivity contribution in [2.24, 2.45) is 0 Å². The summed E-state index contributed by atoms with van der Waals surface area (Å²) < 4.78 is 2.35. The SMILES string of the molecule is CN(C)c1ccccc1CN1CCC(c2nnc3n2CCNC3)CC1.Cl. The third-order valence-electron chi connectivity index (χ3n) is 5.47. The van der Waals surface area contributed by atoms with Crippen molar-refractivity contribution in [1.82, 2.24) is 25.0 Å².